The third-order valence-corrected chi connectivity index (χ3v) is 3.28. The zero-order valence-corrected chi connectivity index (χ0v) is 10.5. The fourth-order valence-electron chi connectivity index (χ4n) is 1.71. The predicted molar refractivity (Wildman–Crippen MR) is 68.8 cm³/mol. The molecule has 2 rings (SSSR count). The minimum absolute atomic E-state index is 0.927. The van der Waals surface area contributed by atoms with Crippen molar-refractivity contribution in [3.8, 4) is 11.3 Å². The number of nitrogens with zero attached hydrogens (tertiary/aromatic N) is 2. The molecule has 86 valence electrons. The van der Waals surface area contributed by atoms with Gasteiger partial charge in [0.05, 0.1) is 5.69 Å². The van der Waals surface area contributed by atoms with Gasteiger partial charge < -0.3 is 5.32 Å². The second kappa shape index (κ2) is 5.27. The second-order valence-electron chi connectivity index (χ2n) is 3.72. The monoisotopic (exact) mass is 235 g/mol. The van der Waals surface area contributed by atoms with Gasteiger partial charge in [0.25, 0.3) is 0 Å². The Morgan fingerprint density at radius 2 is 2.38 bits per heavy atom. The van der Waals surface area contributed by atoms with Crippen molar-refractivity contribution in [2.24, 2.45) is 0 Å². The summed E-state index contributed by atoms with van der Waals surface area (Å²) in [6, 6.07) is 2.13. The summed E-state index contributed by atoms with van der Waals surface area (Å²) in [5, 5.41) is 12.1. The van der Waals surface area contributed by atoms with Gasteiger partial charge >= 0.3 is 0 Å². The number of likely N-dealkylation sites (N-methyl/N-ethyl adjacent to an activating group) is 1. The summed E-state index contributed by atoms with van der Waals surface area (Å²) in [5.41, 5.74) is 3.70. The van der Waals surface area contributed by atoms with E-state index in [2.05, 4.69) is 40.4 Å². The molecule has 2 aromatic heterocycles. The van der Waals surface area contributed by atoms with Crippen LogP contribution in [-0.4, -0.2) is 23.4 Å². The third kappa shape index (κ3) is 2.33. The van der Waals surface area contributed by atoms with Crippen molar-refractivity contribution in [1.82, 2.24) is 15.1 Å². The lowest BCUT2D eigenvalue weighted by atomic mass is 10.1. The smallest absolute Gasteiger partial charge is 0.0963 e. The van der Waals surface area contributed by atoms with Crippen molar-refractivity contribution in [2.75, 3.05) is 13.6 Å². The highest BCUT2D eigenvalue weighted by molar-refractivity contribution is 7.08. The van der Waals surface area contributed by atoms with Crippen LogP contribution < -0.4 is 5.32 Å². The molecule has 16 heavy (non-hydrogen) atoms. The standard InChI is InChI=1S/C12H17N3S/c1-3-15-8-10(4-6-13-2)12(14-15)11-5-7-16-9-11/h5,7-9,13H,3-4,6H2,1-2H3. The molecule has 3 nitrogen and oxygen atoms in total. The summed E-state index contributed by atoms with van der Waals surface area (Å²) in [5.74, 6) is 0. The Bertz CT molecular complexity index is 431. The molecule has 0 aromatic carbocycles. The van der Waals surface area contributed by atoms with Crippen molar-refractivity contribution >= 4 is 11.3 Å². The van der Waals surface area contributed by atoms with Crippen molar-refractivity contribution in [2.45, 2.75) is 19.9 Å². The van der Waals surface area contributed by atoms with E-state index in [4.69, 9.17) is 0 Å². The SMILES string of the molecule is CCn1cc(CCNC)c(-c2ccsc2)n1. The summed E-state index contributed by atoms with van der Waals surface area (Å²) in [6.45, 7) is 4.04. The molecule has 0 aliphatic heterocycles. The number of hydrogen-bond donors (Lipinski definition) is 1. The molecule has 2 aromatic rings. The molecule has 0 fully saturated rings. The van der Waals surface area contributed by atoms with Gasteiger partial charge in [0.15, 0.2) is 0 Å². The first-order valence-corrected chi connectivity index (χ1v) is 6.53. The summed E-state index contributed by atoms with van der Waals surface area (Å²) >= 11 is 1.72. The van der Waals surface area contributed by atoms with Gasteiger partial charge in [-0.1, -0.05) is 0 Å². The van der Waals surface area contributed by atoms with E-state index in [0.29, 0.717) is 0 Å². The largest absolute Gasteiger partial charge is 0.319 e. The lowest BCUT2D eigenvalue weighted by Crippen LogP contribution is -2.10. The number of aryl methyl sites for hydroxylation is 1. The van der Waals surface area contributed by atoms with E-state index in [-0.39, 0.29) is 0 Å². The molecule has 0 spiro atoms. The predicted octanol–water partition coefficient (Wildman–Crippen LogP) is 2.39. The Labute approximate surface area is 100 Å². The van der Waals surface area contributed by atoms with Crippen LogP contribution in [-0.2, 0) is 13.0 Å². The van der Waals surface area contributed by atoms with Gasteiger partial charge in [0, 0.05) is 23.7 Å². The van der Waals surface area contributed by atoms with Crippen LogP contribution >= 0.6 is 11.3 Å². The lowest BCUT2D eigenvalue weighted by Gasteiger charge is -1.99. The molecule has 0 radical (unpaired) electrons. The Hall–Kier alpha value is -1.13. The third-order valence-electron chi connectivity index (χ3n) is 2.60. The first-order valence-electron chi connectivity index (χ1n) is 5.58. The van der Waals surface area contributed by atoms with Crippen LogP contribution in [0, 0.1) is 0 Å². The van der Waals surface area contributed by atoms with Gasteiger partial charge in [0.1, 0.15) is 0 Å². The van der Waals surface area contributed by atoms with E-state index in [1.165, 1.54) is 11.1 Å². The number of rotatable bonds is 5. The Morgan fingerprint density at radius 1 is 1.50 bits per heavy atom. The van der Waals surface area contributed by atoms with E-state index in [0.717, 1.165) is 25.2 Å². The minimum atomic E-state index is 0.927. The summed E-state index contributed by atoms with van der Waals surface area (Å²) in [7, 11) is 1.98. The van der Waals surface area contributed by atoms with Crippen LogP contribution in [0.5, 0.6) is 0 Å². The zero-order valence-electron chi connectivity index (χ0n) is 9.73. The molecule has 4 heteroatoms. The Balaban J connectivity index is 2.31. The second-order valence-corrected chi connectivity index (χ2v) is 4.50. The molecule has 0 aliphatic carbocycles. The summed E-state index contributed by atoms with van der Waals surface area (Å²) in [4.78, 5) is 0. The van der Waals surface area contributed by atoms with Gasteiger partial charge in [-0.05, 0) is 43.9 Å². The molecule has 0 bridgehead atoms. The van der Waals surface area contributed by atoms with Crippen molar-refractivity contribution in [1.29, 1.82) is 0 Å². The Kier molecular flexibility index (Phi) is 3.74. The minimum Gasteiger partial charge on any atom is -0.319 e. The molecule has 1 N–H and O–H groups in total. The van der Waals surface area contributed by atoms with E-state index < -0.39 is 0 Å². The van der Waals surface area contributed by atoms with Crippen LogP contribution in [0.4, 0.5) is 0 Å². The molecular formula is C12H17N3S. The summed E-state index contributed by atoms with van der Waals surface area (Å²) < 4.78 is 2.01. The van der Waals surface area contributed by atoms with Crippen molar-refractivity contribution < 1.29 is 0 Å². The molecular weight excluding hydrogens is 218 g/mol. The highest BCUT2D eigenvalue weighted by Crippen LogP contribution is 2.24. The van der Waals surface area contributed by atoms with Gasteiger partial charge in [-0.2, -0.15) is 16.4 Å². The fourth-order valence-corrected chi connectivity index (χ4v) is 2.35. The summed E-state index contributed by atoms with van der Waals surface area (Å²) in [6.07, 6.45) is 3.19. The van der Waals surface area contributed by atoms with Crippen molar-refractivity contribution in [3.05, 3.63) is 28.6 Å². The topological polar surface area (TPSA) is 29.9 Å². The number of hydrogen-bond acceptors (Lipinski definition) is 3. The first-order chi connectivity index (χ1) is 7.85. The van der Waals surface area contributed by atoms with Crippen LogP contribution in [0.25, 0.3) is 11.3 Å². The average Bonchev–Trinajstić information content (AvgIpc) is 2.94. The van der Waals surface area contributed by atoms with Gasteiger partial charge in [-0.15, -0.1) is 0 Å². The quantitative estimate of drug-likeness (QED) is 0.862. The van der Waals surface area contributed by atoms with Crippen molar-refractivity contribution in [3.63, 3.8) is 0 Å². The highest BCUT2D eigenvalue weighted by atomic mass is 32.1. The maximum atomic E-state index is 4.62. The number of nitrogens with one attached hydrogen (secondary N) is 1. The first kappa shape index (κ1) is 11.4. The molecule has 0 aliphatic rings. The molecule has 0 amide bonds. The highest BCUT2D eigenvalue weighted by Gasteiger charge is 2.10. The normalized spacial score (nSPS) is 10.9. The van der Waals surface area contributed by atoms with Gasteiger partial charge in [-0.3, -0.25) is 4.68 Å². The number of thiophene rings is 1. The molecule has 0 atom stereocenters. The van der Waals surface area contributed by atoms with E-state index in [1.807, 2.05) is 11.7 Å². The molecule has 0 unspecified atom stereocenters. The average molecular weight is 235 g/mol. The maximum absolute atomic E-state index is 4.62. The van der Waals surface area contributed by atoms with Gasteiger partial charge in [-0.25, -0.2) is 0 Å². The van der Waals surface area contributed by atoms with Crippen LogP contribution in [0.3, 0.4) is 0 Å². The zero-order chi connectivity index (χ0) is 11.4. The lowest BCUT2D eigenvalue weighted by molar-refractivity contribution is 0.660. The van der Waals surface area contributed by atoms with Crippen LogP contribution in [0.1, 0.15) is 12.5 Å². The van der Waals surface area contributed by atoms with Crippen LogP contribution in [0.2, 0.25) is 0 Å². The van der Waals surface area contributed by atoms with Gasteiger partial charge in [0.2, 0.25) is 0 Å². The van der Waals surface area contributed by atoms with E-state index in [9.17, 15) is 0 Å². The molecule has 2 heterocycles. The maximum Gasteiger partial charge on any atom is 0.0963 e. The Morgan fingerprint density at radius 3 is 3.00 bits per heavy atom. The fraction of sp³-hybridized carbons (Fsp3) is 0.417. The molecule has 0 saturated carbocycles. The van der Waals surface area contributed by atoms with E-state index in [1.54, 1.807) is 11.3 Å². The van der Waals surface area contributed by atoms with E-state index >= 15 is 0 Å². The van der Waals surface area contributed by atoms with Crippen LogP contribution in [0.15, 0.2) is 23.0 Å². The molecule has 0 saturated heterocycles. The number of aromatic nitrogens is 2.